The zero-order valence-corrected chi connectivity index (χ0v) is 15.6. The summed E-state index contributed by atoms with van der Waals surface area (Å²) in [5.41, 5.74) is 1.49. The lowest BCUT2D eigenvalue weighted by atomic mass is 10.1. The summed E-state index contributed by atoms with van der Waals surface area (Å²) in [6.07, 6.45) is 1.62. The summed E-state index contributed by atoms with van der Waals surface area (Å²) in [6, 6.07) is 5.13. The monoisotopic (exact) mass is 406 g/mol. The molecule has 1 fully saturated rings. The molecule has 1 amide bonds. The van der Waals surface area contributed by atoms with Crippen LogP contribution in [0.25, 0.3) is 0 Å². The van der Waals surface area contributed by atoms with Gasteiger partial charge in [-0.1, -0.05) is 27.1 Å². The Bertz CT molecular complexity index is 1010. The van der Waals surface area contributed by atoms with Gasteiger partial charge in [0, 0.05) is 12.6 Å². The molecule has 3 heterocycles. The SMILES string of the molecule is Cc1nonc1[C@@H]1CCCN1C(=O)c1cc(COc2ccc(F)cc2Cl)on1. The Balaban J connectivity index is 1.45. The molecule has 0 saturated carbocycles. The lowest BCUT2D eigenvalue weighted by Gasteiger charge is -2.21. The van der Waals surface area contributed by atoms with E-state index in [1.54, 1.807) is 11.8 Å². The molecule has 0 N–H and O–H groups in total. The van der Waals surface area contributed by atoms with Crippen molar-refractivity contribution in [1.29, 1.82) is 0 Å². The van der Waals surface area contributed by atoms with E-state index >= 15 is 0 Å². The molecule has 1 aliphatic heterocycles. The number of hydrogen-bond acceptors (Lipinski definition) is 7. The number of carbonyl (C=O) groups excluding carboxylic acids is 1. The minimum Gasteiger partial charge on any atom is -0.484 e. The molecule has 28 heavy (non-hydrogen) atoms. The summed E-state index contributed by atoms with van der Waals surface area (Å²) in [7, 11) is 0. The average molecular weight is 407 g/mol. The van der Waals surface area contributed by atoms with Crippen LogP contribution in [-0.2, 0) is 6.61 Å². The number of benzene rings is 1. The van der Waals surface area contributed by atoms with Crippen LogP contribution in [0.1, 0.15) is 46.5 Å². The van der Waals surface area contributed by atoms with Gasteiger partial charge in [0.25, 0.3) is 5.91 Å². The lowest BCUT2D eigenvalue weighted by Crippen LogP contribution is -2.31. The van der Waals surface area contributed by atoms with Crippen molar-refractivity contribution in [1.82, 2.24) is 20.4 Å². The van der Waals surface area contributed by atoms with Crippen LogP contribution in [0.4, 0.5) is 4.39 Å². The summed E-state index contributed by atoms with van der Waals surface area (Å²) in [6.45, 7) is 2.37. The Morgan fingerprint density at radius 1 is 1.36 bits per heavy atom. The zero-order valence-electron chi connectivity index (χ0n) is 14.9. The van der Waals surface area contributed by atoms with E-state index < -0.39 is 5.82 Å². The minimum atomic E-state index is -0.456. The molecule has 1 atom stereocenters. The van der Waals surface area contributed by atoms with Crippen LogP contribution in [0, 0.1) is 12.7 Å². The summed E-state index contributed by atoms with van der Waals surface area (Å²) in [4.78, 5) is 14.6. The predicted molar refractivity (Wildman–Crippen MR) is 94.3 cm³/mol. The molecular formula is C18H16ClFN4O4. The van der Waals surface area contributed by atoms with E-state index in [1.165, 1.54) is 18.2 Å². The van der Waals surface area contributed by atoms with E-state index in [-0.39, 0.29) is 29.3 Å². The van der Waals surface area contributed by atoms with Crippen LogP contribution in [0.2, 0.25) is 5.02 Å². The third kappa shape index (κ3) is 3.57. The molecule has 1 saturated heterocycles. The maximum atomic E-state index is 13.1. The Hall–Kier alpha value is -2.94. The van der Waals surface area contributed by atoms with Crippen LogP contribution in [0.15, 0.2) is 33.4 Å². The molecule has 1 aliphatic rings. The molecule has 0 aliphatic carbocycles. The van der Waals surface area contributed by atoms with Gasteiger partial charge in [-0.25, -0.2) is 9.02 Å². The predicted octanol–water partition coefficient (Wildman–Crippen LogP) is 3.71. The number of aryl methyl sites for hydroxylation is 1. The van der Waals surface area contributed by atoms with Gasteiger partial charge < -0.3 is 14.2 Å². The van der Waals surface area contributed by atoms with E-state index in [1.807, 2.05) is 0 Å². The largest absolute Gasteiger partial charge is 0.484 e. The molecule has 0 bridgehead atoms. The lowest BCUT2D eigenvalue weighted by molar-refractivity contribution is 0.0719. The Kier molecular flexibility index (Phi) is 4.99. The fraction of sp³-hybridized carbons (Fsp3) is 0.333. The van der Waals surface area contributed by atoms with Crippen molar-refractivity contribution in [2.24, 2.45) is 0 Å². The Labute approximate surface area is 164 Å². The highest BCUT2D eigenvalue weighted by Crippen LogP contribution is 2.33. The Morgan fingerprint density at radius 3 is 2.96 bits per heavy atom. The van der Waals surface area contributed by atoms with Gasteiger partial charge in [0.15, 0.2) is 11.5 Å². The van der Waals surface area contributed by atoms with E-state index in [0.29, 0.717) is 29.4 Å². The minimum absolute atomic E-state index is 0.00136. The summed E-state index contributed by atoms with van der Waals surface area (Å²) >= 11 is 5.92. The van der Waals surface area contributed by atoms with E-state index in [9.17, 15) is 9.18 Å². The molecule has 4 rings (SSSR count). The molecule has 1 aromatic carbocycles. The Morgan fingerprint density at radius 2 is 2.21 bits per heavy atom. The maximum Gasteiger partial charge on any atom is 0.276 e. The van der Waals surface area contributed by atoms with Gasteiger partial charge in [0.05, 0.1) is 11.1 Å². The summed E-state index contributed by atoms with van der Waals surface area (Å²) in [5, 5.41) is 11.7. The van der Waals surface area contributed by atoms with Crippen LogP contribution in [0.5, 0.6) is 5.75 Å². The fourth-order valence-corrected chi connectivity index (χ4v) is 3.43. The van der Waals surface area contributed by atoms with Crippen molar-refractivity contribution in [2.45, 2.75) is 32.4 Å². The first-order valence-electron chi connectivity index (χ1n) is 8.66. The highest BCUT2D eigenvalue weighted by atomic mass is 35.5. The number of likely N-dealkylation sites (tertiary alicyclic amines) is 1. The first-order valence-corrected chi connectivity index (χ1v) is 9.04. The van der Waals surface area contributed by atoms with Gasteiger partial charge in [0.1, 0.15) is 29.6 Å². The van der Waals surface area contributed by atoms with Gasteiger partial charge in [-0.05, 0) is 38.0 Å². The van der Waals surface area contributed by atoms with Crippen LogP contribution >= 0.6 is 11.6 Å². The van der Waals surface area contributed by atoms with Crippen molar-refractivity contribution >= 4 is 17.5 Å². The van der Waals surface area contributed by atoms with Crippen LogP contribution in [-0.4, -0.2) is 32.8 Å². The van der Waals surface area contributed by atoms with Gasteiger partial charge >= 0.3 is 0 Å². The number of ether oxygens (including phenoxy) is 1. The normalized spacial score (nSPS) is 16.5. The second-order valence-corrected chi connectivity index (χ2v) is 6.84. The van der Waals surface area contributed by atoms with Gasteiger partial charge in [0.2, 0.25) is 0 Å². The summed E-state index contributed by atoms with van der Waals surface area (Å²) < 4.78 is 28.5. The molecule has 146 valence electrons. The van der Waals surface area contributed by atoms with Crippen LogP contribution in [0.3, 0.4) is 0 Å². The summed E-state index contributed by atoms with van der Waals surface area (Å²) in [5.74, 6) is -0.0675. The third-order valence-electron chi connectivity index (χ3n) is 4.56. The second kappa shape index (κ2) is 7.59. The van der Waals surface area contributed by atoms with E-state index in [4.69, 9.17) is 25.5 Å². The average Bonchev–Trinajstić information content (AvgIpc) is 3.40. The quantitative estimate of drug-likeness (QED) is 0.637. The van der Waals surface area contributed by atoms with Crippen molar-refractivity contribution < 1.29 is 23.1 Å². The van der Waals surface area contributed by atoms with Crippen molar-refractivity contribution in [3.8, 4) is 5.75 Å². The highest BCUT2D eigenvalue weighted by Gasteiger charge is 2.35. The molecule has 0 spiro atoms. The van der Waals surface area contributed by atoms with Crippen LogP contribution < -0.4 is 4.74 Å². The molecule has 8 nitrogen and oxygen atoms in total. The van der Waals surface area contributed by atoms with E-state index in [2.05, 4.69) is 15.5 Å². The standard InChI is InChI=1S/C18H16ClFN4O4/c1-10-17(23-28-21-10)15-3-2-6-24(15)18(25)14-8-12(27-22-14)9-26-16-5-4-11(20)7-13(16)19/h4-5,7-8,15H,2-3,6,9H2,1H3/t15-/m0/s1. The topological polar surface area (TPSA) is 94.5 Å². The fourth-order valence-electron chi connectivity index (χ4n) is 3.20. The zero-order chi connectivity index (χ0) is 19.7. The van der Waals surface area contributed by atoms with E-state index in [0.717, 1.165) is 18.9 Å². The molecule has 3 aromatic rings. The molecular weight excluding hydrogens is 391 g/mol. The third-order valence-corrected chi connectivity index (χ3v) is 4.85. The van der Waals surface area contributed by atoms with Gasteiger partial charge in [-0.2, -0.15) is 0 Å². The molecule has 0 unspecified atom stereocenters. The van der Waals surface area contributed by atoms with Gasteiger partial charge in [-0.3, -0.25) is 4.79 Å². The number of halogens is 2. The second-order valence-electron chi connectivity index (χ2n) is 6.43. The van der Waals surface area contributed by atoms with Gasteiger partial charge in [-0.15, -0.1) is 0 Å². The number of rotatable bonds is 5. The maximum absolute atomic E-state index is 13.1. The number of aromatic nitrogens is 3. The number of carbonyl (C=O) groups is 1. The molecule has 10 heteroatoms. The number of nitrogens with zero attached hydrogens (tertiary/aromatic N) is 4. The number of amides is 1. The number of hydrogen-bond donors (Lipinski definition) is 0. The van der Waals surface area contributed by atoms with Crippen molar-refractivity contribution in [3.05, 3.63) is 57.9 Å². The van der Waals surface area contributed by atoms with Crippen molar-refractivity contribution in [2.75, 3.05) is 6.54 Å². The van der Waals surface area contributed by atoms with Crippen molar-refractivity contribution in [3.63, 3.8) is 0 Å². The smallest absolute Gasteiger partial charge is 0.276 e. The molecule has 2 aromatic heterocycles. The first-order chi connectivity index (χ1) is 13.5. The highest BCUT2D eigenvalue weighted by molar-refractivity contribution is 6.32. The molecule has 0 radical (unpaired) electrons. The first kappa shape index (κ1) is 18.4.